The first-order valence-corrected chi connectivity index (χ1v) is 5.92. The van der Waals surface area contributed by atoms with Crippen LogP contribution in [0, 0.1) is 0 Å². The summed E-state index contributed by atoms with van der Waals surface area (Å²) >= 11 is 0. The van der Waals surface area contributed by atoms with Gasteiger partial charge in [0.1, 0.15) is 11.3 Å². The van der Waals surface area contributed by atoms with Gasteiger partial charge in [0.2, 0.25) is 0 Å². The van der Waals surface area contributed by atoms with E-state index in [9.17, 15) is 0 Å². The van der Waals surface area contributed by atoms with Crippen molar-refractivity contribution in [3.63, 3.8) is 0 Å². The van der Waals surface area contributed by atoms with Crippen molar-refractivity contribution in [3.05, 3.63) is 24.2 Å². The number of imidazole rings is 1. The van der Waals surface area contributed by atoms with E-state index in [2.05, 4.69) is 26.8 Å². The summed E-state index contributed by atoms with van der Waals surface area (Å²) in [6.07, 6.45) is 3.99. The van der Waals surface area contributed by atoms with Gasteiger partial charge in [-0.25, -0.2) is 9.97 Å². The molecule has 1 saturated heterocycles. The van der Waals surface area contributed by atoms with Crippen LogP contribution in [0.1, 0.15) is 25.2 Å². The van der Waals surface area contributed by atoms with Crippen LogP contribution in [0.4, 0.5) is 0 Å². The quantitative estimate of drug-likeness (QED) is 0.827. The number of fused-ring (bicyclic) bond motifs is 1. The van der Waals surface area contributed by atoms with E-state index in [1.165, 1.54) is 6.42 Å². The molecule has 16 heavy (non-hydrogen) atoms. The van der Waals surface area contributed by atoms with Gasteiger partial charge in [0.15, 0.2) is 5.65 Å². The third-order valence-corrected chi connectivity index (χ3v) is 3.24. The number of pyridine rings is 1. The molecule has 3 heterocycles. The predicted molar refractivity (Wildman–Crippen MR) is 63.4 cm³/mol. The fourth-order valence-electron chi connectivity index (χ4n) is 2.47. The lowest BCUT2D eigenvalue weighted by molar-refractivity contribution is 0.536. The highest BCUT2D eigenvalue weighted by atomic mass is 15.2. The predicted octanol–water partition coefficient (Wildman–Crippen LogP) is 1.53. The van der Waals surface area contributed by atoms with E-state index in [1.54, 1.807) is 0 Å². The molecule has 0 bridgehead atoms. The van der Waals surface area contributed by atoms with Gasteiger partial charge < -0.3 is 9.88 Å². The fourth-order valence-corrected chi connectivity index (χ4v) is 2.47. The summed E-state index contributed by atoms with van der Waals surface area (Å²) < 4.78 is 2.31. The van der Waals surface area contributed by atoms with Crippen LogP contribution in [0.2, 0.25) is 0 Å². The molecule has 1 atom stereocenters. The third kappa shape index (κ3) is 1.41. The molecule has 0 saturated carbocycles. The lowest BCUT2D eigenvalue weighted by Crippen LogP contribution is -2.15. The molecule has 1 aliphatic rings. The Kier molecular flexibility index (Phi) is 2.36. The molecular weight excluding hydrogens is 200 g/mol. The number of hydrogen-bond acceptors (Lipinski definition) is 3. The second-order valence-corrected chi connectivity index (χ2v) is 4.24. The number of aryl methyl sites for hydroxylation is 1. The zero-order chi connectivity index (χ0) is 11.0. The Morgan fingerprint density at radius 1 is 1.56 bits per heavy atom. The highest BCUT2D eigenvalue weighted by Gasteiger charge is 2.21. The third-order valence-electron chi connectivity index (χ3n) is 3.24. The standard InChI is InChI=1S/C12H16N4/c1-2-11-15-10-4-3-6-14-12(10)16(11)9-5-7-13-8-9/h3-4,6,9,13H,2,5,7-8H2,1H3/t9-/m0/s1. The monoisotopic (exact) mass is 216 g/mol. The number of nitrogens with one attached hydrogen (secondary N) is 1. The lowest BCUT2D eigenvalue weighted by Gasteiger charge is -2.14. The molecule has 0 amide bonds. The summed E-state index contributed by atoms with van der Waals surface area (Å²) in [7, 11) is 0. The van der Waals surface area contributed by atoms with Crippen LogP contribution in [0.15, 0.2) is 18.3 Å². The van der Waals surface area contributed by atoms with E-state index >= 15 is 0 Å². The molecule has 4 nitrogen and oxygen atoms in total. The van der Waals surface area contributed by atoms with Gasteiger partial charge in [-0.05, 0) is 25.1 Å². The molecule has 1 fully saturated rings. The Bertz CT molecular complexity index is 497. The molecule has 2 aromatic heterocycles. The molecule has 3 rings (SSSR count). The zero-order valence-electron chi connectivity index (χ0n) is 9.48. The topological polar surface area (TPSA) is 42.7 Å². The first-order chi connectivity index (χ1) is 7.90. The number of nitrogens with zero attached hydrogens (tertiary/aromatic N) is 3. The van der Waals surface area contributed by atoms with E-state index in [0.29, 0.717) is 6.04 Å². The summed E-state index contributed by atoms with van der Waals surface area (Å²) in [5.41, 5.74) is 2.05. The second kappa shape index (κ2) is 3.87. The van der Waals surface area contributed by atoms with Crippen LogP contribution in [0.3, 0.4) is 0 Å². The van der Waals surface area contributed by atoms with Crippen LogP contribution < -0.4 is 5.32 Å². The first-order valence-electron chi connectivity index (χ1n) is 5.92. The zero-order valence-corrected chi connectivity index (χ0v) is 9.48. The summed E-state index contributed by atoms with van der Waals surface area (Å²) in [5.74, 6) is 1.16. The average Bonchev–Trinajstić information content (AvgIpc) is 2.94. The van der Waals surface area contributed by atoms with Gasteiger partial charge in [0.25, 0.3) is 0 Å². The minimum absolute atomic E-state index is 0.523. The van der Waals surface area contributed by atoms with Crippen molar-refractivity contribution in [1.29, 1.82) is 0 Å². The largest absolute Gasteiger partial charge is 0.315 e. The minimum Gasteiger partial charge on any atom is -0.315 e. The Labute approximate surface area is 94.7 Å². The lowest BCUT2D eigenvalue weighted by atomic mass is 10.2. The van der Waals surface area contributed by atoms with E-state index in [0.717, 1.165) is 36.5 Å². The van der Waals surface area contributed by atoms with Gasteiger partial charge in [0, 0.05) is 19.2 Å². The minimum atomic E-state index is 0.523. The maximum absolute atomic E-state index is 4.65. The maximum Gasteiger partial charge on any atom is 0.160 e. The van der Waals surface area contributed by atoms with Gasteiger partial charge in [-0.3, -0.25) is 0 Å². The van der Waals surface area contributed by atoms with Crippen molar-refractivity contribution in [2.45, 2.75) is 25.8 Å². The van der Waals surface area contributed by atoms with Gasteiger partial charge >= 0.3 is 0 Å². The van der Waals surface area contributed by atoms with Crippen LogP contribution >= 0.6 is 0 Å². The normalized spacial score (nSPS) is 20.7. The summed E-state index contributed by atoms with van der Waals surface area (Å²) in [4.78, 5) is 9.12. The van der Waals surface area contributed by atoms with Gasteiger partial charge in [-0.15, -0.1) is 0 Å². The van der Waals surface area contributed by atoms with Crippen molar-refractivity contribution in [2.24, 2.45) is 0 Å². The molecule has 0 spiro atoms. The molecule has 0 aromatic carbocycles. The summed E-state index contributed by atoms with van der Waals surface area (Å²) in [6.45, 7) is 4.29. The Morgan fingerprint density at radius 3 is 3.25 bits per heavy atom. The fraction of sp³-hybridized carbons (Fsp3) is 0.500. The van der Waals surface area contributed by atoms with E-state index < -0.39 is 0 Å². The molecule has 4 heteroatoms. The SMILES string of the molecule is CCc1nc2cccnc2n1[C@H]1CCNC1. The number of rotatable bonds is 2. The summed E-state index contributed by atoms with van der Waals surface area (Å²) in [5, 5.41) is 3.40. The van der Waals surface area contributed by atoms with Gasteiger partial charge in [-0.1, -0.05) is 6.92 Å². The van der Waals surface area contributed by atoms with Crippen molar-refractivity contribution >= 4 is 11.2 Å². The van der Waals surface area contributed by atoms with Crippen LogP contribution in [0.5, 0.6) is 0 Å². The van der Waals surface area contributed by atoms with Crippen LogP contribution in [-0.4, -0.2) is 27.6 Å². The molecule has 1 aliphatic heterocycles. The van der Waals surface area contributed by atoms with E-state index in [4.69, 9.17) is 0 Å². The maximum atomic E-state index is 4.65. The Morgan fingerprint density at radius 2 is 2.50 bits per heavy atom. The van der Waals surface area contributed by atoms with E-state index in [1.807, 2.05) is 18.3 Å². The number of aromatic nitrogens is 3. The highest BCUT2D eigenvalue weighted by molar-refractivity contribution is 5.71. The van der Waals surface area contributed by atoms with Crippen molar-refractivity contribution < 1.29 is 0 Å². The number of hydrogen-bond donors (Lipinski definition) is 1. The second-order valence-electron chi connectivity index (χ2n) is 4.24. The molecule has 1 N–H and O–H groups in total. The molecule has 2 aromatic rings. The Hall–Kier alpha value is -1.42. The smallest absolute Gasteiger partial charge is 0.160 e. The first kappa shape index (κ1) is 9.78. The highest BCUT2D eigenvalue weighted by Crippen LogP contribution is 2.23. The van der Waals surface area contributed by atoms with E-state index in [-0.39, 0.29) is 0 Å². The van der Waals surface area contributed by atoms with Crippen LogP contribution in [0.25, 0.3) is 11.2 Å². The molecule has 0 radical (unpaired) electrons. The van der Waals surface area contributed by atoms with Crippen molar-refractivity contribution in [3.8, 4) is 0 Å². The van der Waals surface area contributed by atoms with Crippen molar-refractivity contribution in [1.82, 2.24) is 19.9 Å². The average molecular weight is 216 g/mol. The Balaban J connectivity index is 2.18. The van der Waals surface area contributed by atoms with Gasteiger partial charge in [0.05, 0.1) is 6.04 Å². The van der Waals surface area contributed by atoms with Crippen molar-refractivity contribution in [2.75, 3.05) is 13.1 Å². The van der Waals surface area contributed by atoms with Crippen LogP contribution in [-0.2, 0) is 6.42 Å². The molecule has 84 valence electrons. The molecule has 0 unspecified atom stereocenters. The molecule has 0 aliphatic carbocycles. The summed E-state index contributed by atoms with van der Waals surface area (Å²) in [6, 6.07) is 4.52. The molecular formula is C12H16N4. The van der Waals surface area contributed by atoms with Gasteiger partial charge in [-0.2, -0.15) is 0 Å².